The molecule has 1 saturated heterocycles. The van der Waals surface area contributed by atoms with Gasteiger partial charge in [-0.3, -0.25) is 4.79 Å². The average molecular weight is 212 g/mol. The summed E-state index contributed by atoms with van der Waals surface area (Å²) in [6.45, 7) is 11.3. The molecule has 1 unspecified atom stereocenters. The number of nitrogens with one attached hydrogen (secondary N) is 1. The van der Waals surface area contributed by atoms with Crippen molar-refractivity contribution in [1.82, 2.24) is 10.2 Å². The lowest BCUT2D eigenvalue weighted by Crippen LogP contribution is -2.50. The molecule has 1 aliphatic heterocycles. The van der Waals surface area contributed by atoms with Crippen molar-refractivity contribution in [2.45, 2.75) is 46.6 Å². The van der Waals surface area contributed by atoms with Crippen LogP contribution in [-0.2, 0) is 4.79 Å². The van der Waals surface area contributed by atoms with Crippen LogP contribution in [0.2, 0.25) is 0 Å². The third kappa shape index (κ3) is 3.82. The smallest absolute Gasteiger partial charge is 0.225 e. The molecule has 1 N–H and O–H groups in total. The molecule has 1 heterocycles. The molecule has 1 atom stereocenters. The van der Waals surface area contributed by atoms with Crippen LogP contribution in [-0.4, -0.2) is 36.5 Å². The van der Waals surface area contributed by atoms with E-state index in [9.17, 15) is 4.79 Å². The van der Waals surface area contributed by atoms with Gasteiger partial charge in [0.1, 0.15) is 0 Å². The summed E-state index contributed by atoms with van der Waals surface area (Å²) in [4.78, 5) is 14.2. The Morgan fingerprint density at radius 1 is 1.47 bits per heavy atom. The molecule has 1 fully saturated rings. The first-order valence-electron chi connectivity index (χ1n) is 5.97. The van der Waals surface area contributed by atoms with Crippen LogP contribution in [0.5, 0.6) is 0 Å². The molecule has 1 amide bonds. The fourth-order valence-electron chi connectivity index (χ4n) is 1.86. The van der Waals surface area contributed by atoms with Gasteiger partial charge in [-0.15, -0.1) is 0 Å². The van der Waals surface area contributed by atoms with Gasteiger partial charge >= 0.3 is 0 Å². The summed E-state index contributed by atoms with van der Waals surface area (Å²) >= 11 is 0. The van der Waals surface area contributed by atoms with Gasteiger partial charge in [-0.25, -0.2) is 0 Å². The maximum absolute atomic E-state index is 11.8. The van der Waals surface area contributed by atoms with Crippen molar-refractivity contribution in [2.24, 2.45) is 5.41 Å². The number of hydrogen-bond donors (Lipinski definition) is 1. The maximum atomic E-state index is 11.8. The minimum Gasteiger partial charge on any atom is -0.352 e. The number of carbonyl (C=O) groups is 1. The van der Waals surface area contributed by atoms with Crippen molar-refractivity contribution in [3.8, 4) is 0 Å². The second-order valence-electron chi connectivity index (χ2n) is 5.46. The van der Waals surface area contributed by atoms with Crippen molar-refractivity contribution >= 4 is 5.91 Å². The van der Waals surface area contributed by atoms with E-state index in [1.54, 1.807) is 0 Å². The van der Waals surface area contributed by atoms with E-state index in [0.29, 0.717) is 6.04 Å². The highest BCUT2D eigenvalue weighted by Gasteiger charge is 2.26. The third-order valence-corrected chi connectivity index (χ3v) is 2.97. The molecular weight excluding hydrogens is 188 g/mol. The highest BCUT2D eigenvalue weighted by atomic mass is 16.2. The summed E-state index contributed by atoms with van der Waals surface area (Å²) in [6, 6.07) is 0.352. The van der Waals surface area contributed by atoms with E-state index in [4.69, 9.17) is 0 Å². The largest absolute Gasteiger partial charge is 0.352 e. The minimum absolute atomic E-state index is 0.172. The molecule has 3 heteroatoms. The first-order chi connectivity index (χ1) is 6.93. The summed E-state index contributed by atoms with van der Waals surface area (Å²) in [7, 11) is 0. The fourth-order valence-corrected chi connectivity index (χ4v) is 1.86. The van der Waals surface area contributed by atoms with Crippen molar-refractivity contribution in [1.29, 1.82) is 0 Å². The highest BCUT2D eigenvalue weighted by molar-refractivity contribution is 5.81. The molecule has 88 valence electrons. The van der Waals surface area contributed by atoms with Crippen LogP contribution in [0.25, 0.3) is 0 Å². The lowest BCUT2D eigenvalue weighted by molar-refractivity contribution is -0.129. The fraction of sp³-hybridized carbons (Fsp3) is 0.917. The Hall–Kier alpha value is -0.570. The maximum Gasteiger partial charge on any atom is 0.225 e. The van der Waals surface area contributed by atoms with Crippen molar-refractivity contribution < 1.29 is 4.79 Å². The van der Waals surface area contributed by atoms with Gasteiger partial charge in [0.2, 0.25) is 5.91 Å². The van der Waals surface area contributed by atoms with E-state index >= 15 is 0 Å². The molecule has 3 nitrogen and oxygen atoms in total. The van der Waals surface area contributed by atoms with Gasteiger partial charge in [-0.2, -0.15) is 0 Å². The first kappa shape index (κ1) is 12.5. The zero-order chi connectivity index (χ0) is 11.5. The molecule has 0 aromatic rings. The zero-order valence-electron chi connectivity index (χ0n) is 10.5. The molecule has 0 aliphatic carbocycles. The van der Waals surface area contributed by atoms with Gasteiger partial charge in [0, 0.05) is 18.0 Å². The summed E-state index contributed by atoms with van der Waals surface area (Å²) in [5.41, 5.74) is -0.269. The minimum atomic E-state index is -0.269. The van der Waals surface area contributed by atoms with Gasteiger partial charge in [-0.05, 0) is 25.9 Å². The van der Waals surface area contributed by atoms with Crippen LogP contribution in [0, 0.1) is 5.41 Å². The molecular formula is C12H24N2O. The van der Waals surface area contributed by atoms with E-state index in [0.717, 1.165) is 19.5 Å². The van der Waals surface area contributed by atoms with Crippen molar-refractivity contribution in [2.75, 3.05) is 19.6 Å². The first-order valence-corrected chi connectivity index (χ1v) is 5.97. The lowest BCUT2D eigenvalue weighted by atomic mass is 9.94. The summed E-state index contributed by atoms with van der Waals surface area (Å²) in [6.07, 6.45) is 2.32. The number of amides is 1. The van der Waals surface area contributed by atoms with E-state index in [1.807, 2.05) is 20.8 Å². The Balaban J connectivity index is 2.41. The number of likely N-dealkylation sites (tertiary alicyclic amines) is 1. The lowest BCUT2D eigenvalue weighted by Gasteiger charge is -2.33. The standard InChI is InChI=1S/C12H24N2O/c1-5-14-8-6-7-10(9-14)13-11(15)12(2,3)4/h10H,5-9H2,1-4H3,(H,13,15). The van der Waals surface area contributed by atoms with E-state index in [2.05, 4.69) is 17.1 Å². The molecule has 0 bridgehead atoms. The molecule has 0 spiro atoms. The number of nitrogens with zero attached hydrogens (tertiary/aromatic N) is 1. The molecule has 15 heavy (non-hydrogen) atoms. The predicted octanol–water partition coefficient (Wildman–Crippen LogP) is 1.63. The number of likely N-dealkylation sites (N-methyl/N-ethyl adjacent to an activating group) is 1. The SMILES string of the molecule is CCN1CCCC(NC(=O)C(C)(C)C)C1. The van der Waals surface area contributed by atoms with Crippen LogP contribution >= 0.6 is 0 Å². The quantitative estimate of drug-likeness (QED) is 0.754. The normalized spacial score (nSPS) is 23.9. The molecule has 0 saturated carbocycles. The average Bonchev–Trinajstić information content (AvgIpc) is 2.16. The van der Waals surface area contributed by atoms with E-state index in [1.165, 1.54) is 13.0 Å². The van der Waals surface area contributed by atoms with Crippen LogP contribution < -0.4 is 5.32 Å². The zero-order valence-corrected chi connectivity index (χ0v) is 10.5. The number of hydrogen-bond acceptors (Lipinski definition) is 2. The predicted molar refractivity (Wildman–Crippen MR) is 62.7 cm³/mol. The van der Waals surface area contributed by atoms with Crippen LogP contribution in [0.15, 0.2) is 0 Å². The highest BCUT2D eigenvalue weighted by Crippen LogP contribution is 2.15. The third-order valence-electron chi connectivity index (χ3n) is 2.97. The molecule has 0 radical (unpaired) electrons. The van der Waals surface area contributed by atoms with Crippen LogP contribution in [0.4, 0.5) is 0 Å². The summed E-state index contributed by atoms with van der Waals surface area (Å²) in [5.74, 6) is 0.172. The summed E-state index contributed by atoms with van der Waals surface area (Å²) < 4.78 is 0. The van der Waals surface area contributed by atoms with E-state index < -0.39 is 0 Å². The Kier molecular flexibility index (Phi) is 4.14. The number of piperidine rings is 1. The second-order valence-corrected chi connectivity index (χ2v) is 5.46. The van der Waals surface area contributed by atoms with Gasteiger partial charge in [0.15, 0.2) is 0 Å². The Bertz CT molecular complexity index is 220. The van der Waals surface area contributed by atoms with Crippen molar-refractivity contribution in [3.63, 3.8) is 0 Å². The van der Waals surface area contributed by atoms with Crippen molar-refractivity contribution in [3.05, 3.63) is 0 Å². The Morgan fingerprint density at radius 3 is 2.67 bits per heavy atom. The Morgan fingerprint density at radius 2 is 2.13 bits per heavy atom. The molecule has 1 rings (SSSR count). The monoisotopic (exact) mass is 212 g/mol. The molecule has 1 aliphatic rings. The van der Waals surface area contributed by atoms with Crippen LogP contribution in [0.3, 0.4) is 0 Å². The molecule has 0 aromatic carbocycles. The van der Waals surface area contributed by atoms with Gasteiger partial charge in [0.25, 0.3) is 0 Å². The number of carbonyl (C=O) groups excluding carboxylic acids is 1. The topological polar surface area (TPSA) is 32.3 Å². The summed E-state index contributed by atoms with van der Waals surface area (Å²) in [5, 5.41) is 3.14. The number of rotatable bonds is 2. The van der Waals surface area contributed by atoms with Gasteiger partial charge in [-0.1, -0.05) is 27.7 Å². The van der Waals surface area contributed by atoms with E-state index in [-0.39, 0.29) is 11.3 Å². The Labute approximate surface area is 93.2 Å². The van der Waals surface area contributed by atoms with Crippen LogP contribution in [0.1, 0.15) is 40.5 Å². The second kappa shape index (κ2) is 4.97. The van der Waals surface area contributed by atoms with Gasteiger partial charge < -0.3 is 10.2 Å². The molecule has 0 aromatic heterocycles. The van der Waals surface area contributed by atoms with Gasteiger partial charge in [0.05, 0.1) is 0 Å².